The van der Waals surface area contributed by atoms with Gasteiger partial charge in [0, 0.05) is 0 Å². The van der Waals surface area contributed by atoms with Gasteiger partial charge in [-0.05, 0) is 50.3 Å². The summed E-state index contributed by atoms with van der Waals surface area (Å²) in [5.74, 6) is 0. The van der Waals surface area contributed by atoms with Crippen molar-refractivity contribution in [2.75, 3.05) is 6.54 Å². The Balaban J connectivity index is 0. The number of rotatable bonds is 2. The Labute approximate surface area is 142 Å². The second-order valence-electron chi connectivity index (χ2n) is 3.29. The van der Waals surface area contributed by atoms with Crippen molar-refractivity contribution in [1.29, 1.82) is 0 Å². The minimum absolute atomic E-state index is 0. The van der Waals surface area contributed by atoms with Crippen LogP contribution in [0.5, 0.6) is 0 Å². The van der Waals surface area contributed by atoms with Gasteiger partial charge in [0.25, 0.3) is 0 Å². The van der Waals surface area contributed by atoms with Crippen molar-refractivity contribution in [3.63, 3.8) is 0 Å². The van der Waals surface area contributed by atoms with Gasteiger partial charge in [0.2, 0.25) is 0 Å². The maximum Gasteiger partial charge on any atom is 2.00 e. The molecule has 2 rings (SSSR count). The van der Waals surface area contributed by atoms with Crippen molar-refractivity contribution in [3.05, 3.63) is 51.5 Å². The van der Waals surface area contributed by atoms with E-state index in [1.54, 1.807) is 0 Å². The molecule has 0 saturated carbocycles. The minimum Gasteiger partial charge on any atom is -0.684 e. The Bertz CT molecular complexity index is 374. The number of hydrogen-bond donors (Lipinski definition) is 0. The maximum atomic E-state index is 4.40. The third-order valence-corrected chi connectivity index (χ3v) is 2.95. The van der Waals surface area contributed by atoms with Crippen molar-refractivity contribution in [2.45, 2.75) is 26.7 Å². The molecule has 0 bridgehead atoms. The molecule has 0 atom stereocenters. The molecular weight excluding hydrogens is 526 g/mol. The fraction of sp³-hybridized carbons (Fsp3) is 0.357. The van der Waals surface area contributed by atoms with E-state index in [4.69, 9.17) is 0 Å². The number of halogens is 2. The normalized spacial score (nSPS) is 10.7. The van der Waals surface area contributed by atoms with E-state index in [1.165, 1.54) is 16.8 Å². The Morgan fingerprint density at radius 2 is 2.00 bits per heavy atom. The largest absolute Gasteiger partial charge is 2.00 e. The molecular formula is C14H19Br2NW. The van der Waals surface area contributed by atoms with Gasteiger partial charge in [0.15, 0.2) is 0 Å². The second kappa shape index (κ2) is 11.3. The van der Waals surface area contributed by atoms with Crippen LogP contribution in [-0.2, 0) is 33.9 Å². The quantitative estimate of drug-likeness (QED) is 0.412. The molecule has 4 heteroatoms. The predicted octanol–water partition coefficient (Wildman–Crippen LogP) is 5.90. The molecule has 0 aliphatic carbocycles. The summed E-state index contributed by atoms with van der Waals surface area (Å²) in [6.07, 6.45) is 4.16. The van der Waals surface area contributed by atoms with Gasteiger partial charge in [-0.15, -0.1) is 12.2 Å². The van der Waals surface area contributed by atoms with E-state index in [-0.39, 0.29) is 28.5 Å². The first-order valence-corrected chi connectivity index (χ1v) is 7.15. The number of nitrogens with zero attached hydrogens (tertiary/aromatic N) is 1. The van der Waals surface area contributed by atoms with Crippen molar-refractivity contribution < 1.29 is 21.1 Å². The van der Waals surface area contributed by atoms with Crippen molar-refractivity contribution >= 4 is 37.5 Å². The maximum absolute atomic E-state index is 4.40. The van der Waals surface area contributed by atoms with Gasteiger partial charge in [-0.25, -0.2) is 0 Å². The summed E-state index contributed by atoms with van der Waals surface area (Å²) in [5.41, 5.74) is 3.91. The number of benzene rings is 1. The van der Waals surface area contributed by atoms with E-state index in [1.807, 2.05) is 13.8 Å². The monoisotopic (exact) mass is 543 g/mol. The zero-order chi connectivity index (χ0) is 12.0. The molecule has 1 aromatic rings. The Morgan fingerprint density at radius 1 is 1.33 bits per heavy atom. The second-order valence-corrected chi connectivity index (χ2v) is 6.07. The van der Waals surface area contributed by atoms with Gasteiger partial charge in [-0.1, -0.05) is 43.7 Å². The van der Waals surface area contributed by atoms with Crippen LogP contribution < -0.4 is 0 Å². The standard InChI is InChI=1S/C11H10Br2N.C2H6.CH3.W/c12-11(13)4-2-8-1-3-10-9(7-8)5-6-14-10;1-2;;/h1,3-4,7H,2,5-6H2;1-2H3;1H3;/q-1;;-1;+2. The molecule has 18 heavy (non-hydrogen) atoms. The van der Waals surface area contributed by atoms with Crippen molar-refractivity contribution in [1.82, 2.24) is 0 Å². The summed E-state index contributed by atoms with van der Waals surface area (Å²) in [7, 11) is 0. The zero-order valence-electron chi connectivity index (χ0n) is 11.0. The van der Waals surface area contributed by atoms with Gasteiger partial charge >= 0.3 is 21.1 Å². The molecule has 0 aromatic heterocycles. The molecule has 0 saturated heterocycles. The van der Waals surface area contributed by atoms with Gasteiger partial charge in [-0.2, -0.15) is 0 Å². The fourth-order valence-electron chi connectivity index (χ4n) is 1.61. The molecule has 0 N–H and O–H groups in total. The molecule has 0 amide bonds. The first-order valence-electron chi connectivity index (χ1n) is 5.56. The van der Waals surface area contributed by atoms with E-state index < -0.39 is 0 Å². The van der Waals surface area contributed by atoms with Gasteiger partial charge in [-0.3, -0.25) is 0 Å². The van der Waals surface area contributed by atoms with Crippen LogP contribution in [0.3, 0.4) is 0 Å². The molecule has 1 aromatic carbocycles. The summed E-state index contributed by atoms with van der Waals surface area (Å²) in [4.78, 5) is 0. The third-order valence-electron chi connectivity index (χ3n) is 2.30. The smallest absolute Gasteiger partial charge is 0.684 e. The summed E-state index contributed by atoms with van der Waals surface area (Å²) in [6, 6.07) is 6.52. The fourth-order valence-corrected chi connectivity index (χ4v) is 1.94. The summed E-state index contributed by atoms with van der Waals surface area (Å²) in [6.45, 7) is 4.96. The van der Waals surface area contributed by atoms with Crippen LogP contribution in [0.15, 0.2) is 27.7 Å². The van der Waals surface area contributed by atoms with Gasteiger partial charge in [0.1, 0.15) is 0 Å². The van der Waals surface area contributed by atoms with Crippen LogP contribution >= 0.6 is 31.9 Å². The van der Waals surface area contributed by atoms with E-state index >= 15 is 0 Å². The zero-order valence-corrected chi connectivity index (χ0v) is 17.1. The van der Waals surface area contributed by atoms with Crippen molar-refractivity contribution in [2.24, 2.45) is 0 Å². The Kier molecular flexibility index (Phi) is 13.0. The molecule has 0 radical (unpaired) electrons. The van der Waals surface area contributed by atoms with Crippen LogP contribution in [-0.4, -0.2) is 6.54 Å². The first kappa shape index (κ1) is 20.7. The molecule has 0 spiro atoms. The third kappa shape index (κ3) is 6.54. The van der Waals surface area contributed by atoms with E-state index in [9.17, 15) is 0 Å². The van der Waals surface area contributed by atoms with Crippen LogP contribution in [0.1, 0.15) is 25.0 Å². The number of fused-ring (bicyclic) bond motifs is 1. The molecule has 1 aliphatic rings. The van der Waals surface area contributed by atoms with Gasteiger partial charge in [0.05, 0.1) is 3.39 Å². The van der Waals surface area contributed by atoms with E-state index in [0.717, 1.165) is 22.8 Å². The molecule has 1 nitrogen and oxygen atoms in total. The van der Waals surface area contributed by atoms with Crippen molar-refractivity contribution in [3.8, 4) is 0 Å². The average molecular weight is 545 g/mol. The molecule has 0 fully saturated rings. The van der Waals surface area contributed by atoms with Crippen LogP contribution in [0.25, 0.3) is 5.32 Å². The molecule has 0 unspecified atom stereocenters. The molecule has 1 heterocycles. The van der Waals surface area contributed by atoms with E-state index in [0.29, 0.717) is 0 Å². The Morgan fingerprint density at radius 3 is 2.61 bits per heavy atom. The van der Waals surface area contributed by atoms with Crippen LogP contribution in [0.4, 0.5) is 5.69 Å². The summed E-state index contributed by atoms with van der Waals surface area (Å²) >= 11 is 6.71. The summed E-state index contributed by atoms with van der Waals surface area (Å²) in [5, 5.41) is 4.40. The van der Waals surface area contributed by atoms with Gasteiger partial charge < -0.3 is 12.7 Å². The van der Waals surface area contributed by atoms with Crippen LogP contribution in [0, 0.1) is 7.43 Å². The topological polar surface area (TPSA) is 14.1 Å². The number of hydrogen-bond acceptors (Lipinski definition) is 0. The Hall–Kier alpha value is 0.408. The summed E-state index contributed by atoms with van der Waals surface area (Å²) < 4.78 is 1.01. The van der Waals surface area contributed by atoms with E-state index in [2.05, 4.69) is 61.5 Å². The molecule has 1 aliphatic heterocycles. The SMILES string of the molecule is BrC(Br)=CCc1ccc2c(c1)CC[N-]2.CC.[CH3-].[W+2]. The van der Waals surface area contributed by atoms with Crippen LogP contribution in [0.2, 0.25) is 0 Å². The predicted molar refractivity (Wildman–Crippen MR) is 85.4 cm³/mol. The minimum atomic E-state index is 0. The number of allylic oxidation sites excluding steroid dienone is 1. The first-order chi connectivity index (χ1) is 7.75. The molecule has 100 valence electrons. The average Bonchev–Trinajstić information content (AvgIpc) is 2.76.